The van der Waals surface area contributed by atoms with Gasteiger partial charge in [0, 0.05) is 10.8 Å². The van der Waals surface area contributed by atoms with Crippen LogP contribution < -0.4 is 0 Å². The molecule has 2 N–H and O–H groups in total. The topological polar surface area (TPSA) is 70.7 Å². The Morgan fingerprint density at radius 2 is 1.82 bits per heavy atom. The predicted molar refractivity (Wildman–Crippen MR) is 62.3 cm³/mol. The number of carboxylic acids is 1. The van der Waals surface area contributed by atoms with E-state index in [4.69, 9.17) is 9.52 Å². The minimum Gasteiger partial charge on any atom is -0.507 e. The van der Waals surface area contributed by atoms with Crippen LogP contribution >= 0.6 is 0 Å². The molecule has 3 aromatic rings. The molecule has 84 valence electrons. The highest BCUT2D eigenvalue weighted by molar-refractivity contribution is 6.16. The van der Waals surface area contributed by atoms with Crippen LogP contribution in [0.3, 0.4) is 0 Å². The molecule has 1 heterocycles. The highest BCUT2D eigenvalue weighted by atomic mass is 16.4. The zero-order valence-corrected chi connectivity index (χ0v) is 8.68. The minimum atomic E-state index is -1.17. The van der Waals surface area contributed by atoms with Gasteiger partial charge in [-0.15, -0.1) is 0 Å². The van der Waals surface area contributed by atoms with Crippen molar-refractivity contribution in [2.75, 3.05) is 0 Å². The van der Waals surface area contributed by atoms with Gasteiger partial charge in [0.25, 0.3) is 0 Å². The summed E-state index contributed by atoms with van der Waals surface area (Å²) in [4.78, 5) is 11.2. The van der Waals surface area contributed by atoms with Crippen LogP contribution in [0.2, 0.25) is 0 Å². The fourth-order valence-electron chi connectivity index (χ4n) is 2.02. The molecule has 0 saturated heterocycles. The van der Waals surface area contributed by atoms with Crippen molar-refractivity contribution >= 4 is 27.9 Å². The molecule has 1 aromatic heterocycles. The molecule has 3 rings (SSSR count). The van der Waals surface area contributed by atoms with Gasteiger partial charge in [-0.1, -0.05) is 18.2 Å². The molecule has 0 amide bonds. The molecular formula is C13H8O4. The molecule has 4 nitrogen and oxygen atoms in total. The molecule has 17 heavy (non-hydrogen) atoms. The summed E-state index contributed by atoms with van der Waals surface area (Å²) in [5.74, 6) is -1.42. The molecule has 2 aromatic carbocycles. The van der Waals surface area contributed by atoms with E-state index >= 15 is 0 Å². The van der Waals surface area contributed by atoms with E-state index in [1.807, 2.05) is 6.07 Å². The van der Waals surface area contributed by atoms with Crippen LogP contribution in [0.4, 0.5) is 0 Å². The Morgan fingerprint density at radius 1 is 1.06 bits per heavy atom. The predicted octanol–water partition coefficient (Wildman–Crippen LogP) is 2.99. The molecule has 0 aliphatic rings. The number of para-hydroxylation sites is 1. The largest absolute Gasteiger partial charge is 0.507 e. The Morgan fingerprint density at radius 3 is 2.59 bits per heavy atom. The first-order valence-electron chi connectivity index (χ1n) is 5.05. The summed E-state index contributed by atoms with van der Waals surface area (Å²) in [6, 6.07) is 10.0. The lowest BCUT2D eigenvalue weighted by Gasteiger charge is -2.00. The smallest absolute Gasteiger partial charge is 0.340 e. The summed E-state index contributed by atoms with van der Waals surface area (Å²) in [7, 11) is 0. The van der Waals surface area contributed by atoms with Gasteiger partial charge in [-0.05, 0) is 18.2 Å². The first kappa shape index (κ1) is 9.72. The summed E-state index contributed by atoms with van der Waals surface area (Å²) in [5.41, 5.74) is 0.949. The normalized spacial score (nSPS) is 11.1. The Balaban J connectivity index is 2.60. The number of carbonyl (C=O) groups is 1. The fraction of sp³-hybridized carbons (Fsp3) is 0. The van der Waals surface area contributed by atoms with Gasteiger partial charge in [0.15, 0.2) is 0 Å². The van der Waals surface area contributed by atoms with Crippen LogP contribution in [0.15, 0.2) is 40.8 Å². The molecule has 0 unspecified atom stereocenters. The number of aromatic carboxylic acids is 1. The molecule has 4 heteroatoms. The van der Waals surface area contributed by atoms with Crippen molar-refractivity contribution in [3.05, 3.63) is 42.0 Å². The van der Waals surface area contributed by atoms with Gasteiger partial charge >= 0.3 is 5.97 Å². The summed E-state index contributed by atoms with van der Waals surface area (Å²) >= 11 is 0. The monoisotopic (exact) mass is 228 g/mol. The third-order valence-electron chi connectivity index (χ3n) is 2.74. The average Bonchev–Trinajstić information content (AvgIpc) is 2.67. The maximum Gasteiger partial charge on any atom is 0.340 e. The molecule has 0 aliphatic carbocycles. The van der Waals surface area contributed by atoms with E-state index < -0.39 is 5.97 Å². The lowest BCUT2D eigenvalue weighted by Crippen LogP contribution is -1.97. The number of phenols is 1. The van der Waals surface area contributed by atoms with Gasteiger partial charge in [0.1, 0.15) is 22.5 Å². The van der Waals surface area contributed by atoms with Gasteiger partial charge in [0.2, 0.25) is 0 Å². The molecule has 0 aliphatic heterocycles. The van der Waals surface area contributed by atoms with E-state index in [-0.39, 0.29) is 11.3 Å². The zero-order chi connectivity index (χ0) is 12.0. The van der Waals surface area contributed by atoms with Gasteiger partial charge in [-0.2, -0.15) is 0 Å². The van der Waals surface area contributed by atoms with Crippen molar-refractivity contribution in [2.24, 2.45) is 0 Å². The van der Waals surface area contributed by atoms with E-state index in [1.54, 1.807) is 24.3 Å². The quantitative estimate of drug-likeness (QED) is 0.671. The maximum atomic E-state index is 11.2. The molecule has 0 saturated carbocycles. The fourth-order valence-corrected chi connectivity index (χ4v) is 2.02. The van der Waals surface area contributed by atoms with Crippen LogP contribution in [-0.2, 0) is 0 Å². The number of fused-ring (bicyclic) bond motifs is 3. The second-order valence-corrected chi connectivity index (χ2v) is 3.74. The molecule has 0 radical (unpaired) electrons. The van der Waals surface area contributed by atoms with Gasteiger partial charge < -0.3 is 14.6 Å². The molecule has 0 bridgehead atoms. The zero-order valence-electron chi connectivity index (χ0n) is 8.68. The Hall–Kier alpha value is -2.49. The van der Waals surface area contributed by atoms with Crippen molar-refractivity contribution in [1.29, 1.82) is 0 Å². The summed E-state index contributed by atoms with van der Waals surface area (Å²) in [6.45, 7) is 0. The van der Waals surface area contributed by atoms with Crippen molar-refractivity contribution in [1.82, 2.24) is 0 Å². The number of carboxylic acid groups (broad SMARTS) is 1. The highest BCUT2D eigenvalue weighted by Gasteiger charge is 2.19. The second-order valence-electron chi connectivity index (χ2n) is 3.74. The summed E-state index contributed by atoms with van der Waals surface area (Å²) in [5, 5.41) is 19.9. The van der Waals surface area contributed by atoms with E-state index in [9.17, 15) is 9.90 Å². The molecule has 0 atom stereocenters. The van der Waals surface area contributed by atoms with Gasteiger partial charge in [-0.3, -0.25) is 0 Å². The molecule has 0 fully saturated rings. The highest BCUT2D eigenvalue weighted by Crippen LogP contribution is 2.35. The van der Waals surface area contributed by atoms with E-state index in [2.05, 4.69) is 0 Å². The van der Waals surface area contributed by atoms with Crippen LogP contribution in [-0.4, -0.2) is 16.2 Å². The first-order chi connectivity index (χ1) is 8.18. The van der Waals surface area contributed by atoms with Crippen LogP contribution in [0.25, 0.3) is 21.9 Å². The number of hydrogen-bond donors (Lipinski definition) is 2. The number of furan rings is 1. The number of hydrogen-bond acceptors (Lipinski definition) is 3. The number of aromatic hydroxyl groups is 1. The van der Waals surface area contributed by atoms with Gasteiger partial charge in [-0.25, -0.2) is 4.79 Å². The van der Waals surface area contributed by atoms with Gasteiger partial charge in [0.05, 0.1) is 0 Å². The van der Waals surface area contributed by atoms with Crippen molar-refractivity contribution in [2.45, 2.75) is 0 Å². The van der Waals surface area contributed by atoms with Crippen LogP contribution in [0, 0.1) is 0 Å². The third kappa shape index (κ3) is 1.27. The van der Waals surface area contributed by atoms with Crippen LogP contribution in [0.1, 0.15) is 10.4 Å². The Bertz CT molecular complexity index is 740. The van der Waals surface area contributed by atoms with Crippen LogP contribution in [0.5, 0.6) is 5.75 Å². The number of rotatable bonds is 1. The van der Waals surface area contributed by atoms with E-state index in [1.165, 1.54) is 6.07 Å². The van der Waals surface area contributed by atoms with Crippen molar-refractivity contribution < 1.29 is 19.4 Å². The summed E-state index contributed by atoms with van der Waals surface area (Å²) in [6.07, 6.45) is 0. The first-order valence-corrected chi connectivity index (χ1v) is 5.05. The lowest BCUT2D eigenvalue weighted by atomic mass is 10.1. The minimum absolute atomic E-state index is 0.118. The Labute approximate surface area is 95.7 Å². The third-order valence-corrected chi connectivity index (χ3v) is 2.74. The standard InChI is InChI=1S/C13H8O4/c14-8-5-6-10-11(12(8)13(15)16)7-3-1-2-4-9(7)17-10/h1-6,14H,(H,15,16). The number of benzene rings is 2. The van der Waals surface area contributed by atoms with E-state index in [0.717, 1.165) is 0 Å². The van der Waals surface area contributed by atoms with Crippen molar-refractivity contribution in [3.8, 4) is 5.75 Å². The molecular weight excluding hydrogens is 220 g/mol. The molecule has 0 spiro atoms. The van der Waals surface area contributed by atoms with Crippen molar-refractivity contribution in [3.63, 3.8) is 0 Å². The average molecular weight is 228 g/mol. The lowest BCUT2D eigenvalue weighted by molar-refractivity contribution is 0.0696. The maximum absolute atomic E-state index is 11.2. The second kappa shape index (κ2) is 3.25. The Kier molecular flexibility index (Phi) is 1.86. The van der Waals surface area contributed by atoms with E-state index in [0.29, 0.717) is 21.9 Å². The SMILES string of the molecule is O=C(O)c1c(O)ccc2oc3ccccc3c12. The summed E-state index contributed by atoms with van der Waals surface area (Å²) < 4.78 is 5.52.